The third-order valence-electron chi connectivity index (χ3n) is 3.24. The lowest BCUT2D eigenvalue weighted by molar-refractivity contribution is 0.456. The van der Waals surface area contributed by atoms with Crippen LogP contribution in [0.4, 0.5) is 0 Å². The average molecular weight is 215 g/mol. The first-order valence-electron chi connectivity index (χ1n) is 6.09. The summed E-state index contributed by atoms with van der Waals surface area (Å²) >= 11 is 1.98. The second-order valence-electron chi connectivity index (χ2n) is 4.48. The quantitative estimate of drug-likeness (QED) is 0.705. The Morgan fingerprint density at radius 3 is 2.43 bits per heavy atom. The van der Waals surface area contributed by atoms with E-state index in [4.69, 9.17) is 0 Å². The fourth-order valence-electron chi connectivity index (χ4n) is 2.09. The van der Waals surface area contributed by atoms with Gasteiger partial charge in [0.25, 0.3) is 0 Å². The van der Waals surface area contributed by atoms with Crippen LogP contribution in [0.1, 0.15) is 51.9 Å². The summed E-state index contributed by atoms with van der Waals surface area (Å²) in [5.74, 6) is 0. The molecule has 0 heterocycles. The maximum Gasteiger partial charge on any atom is 0.00670 e. The van der Waals surface area contributed by atoms with Crippen molar-refractivity contribution in [3.05, 3.63) is 0 Å². The standard InChI is InChI=1S/C12H25NS/c1-11(14-2)9-10-13-12-7-5-3-4-6-8-12/h11-13H,3-10H2,1-2H3. The van der Waals surface area contributed by atoms with Crippen LogP contribution >= 0.6 is 11.8 Å². The molecule has 1 N–H and O–H groups in total. The zero-order valence-electron chi connectivity index (χ0n) is 9.72. The maximum atomic E-state index is 3.71. The second kappa shape index (κ2) is 7.58. The monoisotopic (exact) mass is 215 g/mol. The smallest absolute Gasteiger partial charge is 0.00670 e. The molecule has 0 saturated heterocycles. The Balaban J connectivity index is 2.04. The van der Waals surface area contributed by atoms with Crippen LogP contribution in [0.15, 0.2) is 0 Å². The molecule has 0 amide bonds. The summed E-state index contributed by atoms with van der Waals surface area (Å²) in [6.07, 6.45) is 12.1. The van der Waals surface area contributed by atoms with Crippen molar-refractivity contribution >= 4 is 11.8 Å². The predicted octanol–water partition coefficient (Wildman–Crippen LogP) is 3.44. The average Bonchev–Trinajstić information content (AvgIpc) is 2.46. The molecule has 84 valence electrons. The lowest BCUT2D eigenvalue weighted by Gasteiger charge is -2.17. The fourth-order valence-corrected chi connectivity index (χ4v) is 2.45. The normalized spacial score (nSPS) is 21.9. The molecule has 0 aliphatic heterocycles. The summed E-state index contributed by atoms with van der Waals surface area (Å²) in [6.45, 7) is 3.53. The summed E-state index contributed by atoms with van der Waals surface area (Å²) in [5.41, 5.74) is 0. The first kappa shape index (κ1) is 12.4. The van der Waals surface area contributed by atoms with Crippen molar-refractivity contribution in [2.24, 2.45) is 0 Å². The Bertz CT molecular complexity index is 130. The number of hydrogen-bond acceptors (Lipinski definition) is 2. The van der Waals surface area contributed by atoms with Crippen molar-refractivity contribution in [1.82, 2.24) is 5.32 Å². The van der Waals surface area contributed by atoms with E-state index in [0.29, 0.717) is 0 Å². The molecule has 1 saturated carbocycles. The van der Waals surface area contributed by atoms with Crippen molar-refractivity contribution in [3.8, 4) is 0 Å². The van der Waals surface area contributed by atoms with E-state index in [1.165, 1.54) is 51.5 Å². The van der Waals surface area contributed by atoms with Gasteiger partial charge in [-0.3, -0.25) is 0 Å². The molecule has 0 aromatic rings. The van der Waals surface area contributed by atoms with Crippen molar-refractivity contribution in [2.75, 3.05) is 12.8 Å². The molecule has 1 nitrogen and oxygen atoms in total. The molecule has 1 rings (SSSR count). The van der Waals surface area contributed by atoms with Crippen LogP contribution in [0.5, 0.6) is 0 Å². The third kappa shape index (κ3) is 5.26. The molecule has 1 atom stereocenters. The van der Waals surface area contributed by atoms with Crippen LogP contribution < -0.4 is 5.32 Å². The van der Waals surface area contributed by atoms with Crippen molar-refractivity contribution in [3.63, 3.8) is 0 Å². The van der Waals surface area contributed by atoms with Crippen LogP contribution in [-0.2, 0) is 0 Å². The number of thioether (sulfide) groups is 1. The molecule has 0 radical (unpaired) electrons. The van der Waals surface area contributed by atoms with E-state index in [-0.39, 0.29) is 0 Å². The molecule has 1 aliphatic rings. The molecular weight excluding hydrogens is 190 g/mol. The van der Waals surface area contributed by atoms with Gasteiger partial charge in [-0.05, 0) is 32.1 Å². The Morgan fingerprint density at radius 2 is 1.86 bits per heavy atom. The molecule has 14 heavy (non-hydrogen) atoms. The highest BCUT2D eigenvalue weighted by Crippen LogP contribution is 2.17. The highest BCUT2D eigenvalue weighted by atomic mass is 32.2. The van der Waals surface area contributed by atoms with Gasteiger partial charge in [0, 0.05) is 11.3 Å². The summed E-state index contributed by atoms with van der Waals surface area (Å²) in [5, 5.41) is 4.53. The number of hydrogen-bond donors (Lipinski definition) is 1. The highest BCUT2D eigenvalue weighted by molar-refractivity contribution is 7.99. The van der Waals surface area contributed by atoms with E-state index in [1.807, 2.05) is 11.8 Å². The van der Waals surface area contributed by atoms with E-state index in [9.17, 15) is 0 Å². The predicted molar refractivity (Wildman–Crippen MR) is 67.1 cm³/mol. The third-order valence-corrected chi connectivity index (χ3v) is 4.28. The Morgan fingerprint density at radius 1 is 1.21 bits per heavy atom. The van der Waals surface area contributed by atoms with Crippen LogP contribution in [0, 0.1) is 0 Å². The maximum absolute atomic E-state index is 3.71. The van der Waals surface area contributed by atoms with Gasteiger partial charge < -0.3 is 5.32 Å². The van der Waals surface area contributed by atoms with E-state index in [0.717, 1.165) is 11.3 Å². The molecule has 0 aromatic carbocycles. The lowest BCUT2D eigenvalue weighted by Crippen LogP contribution is -2.30. The zero-order valence-corrected chi connectivity index (χ0v) is 10.5. The number of nitrogens with one attached hydrogen (secondary N) is 1. The summed E-state index contributed by atoms with van der Waals surface area (Å²) < 4.78 is 0. The van der Waals surface area contributed by atoms with Gasteiger partial charge in [-0.15, -0.1) is 0 Å². The molecule has 1 fully saturated rings. The van der Waals surface area contributed by atoms with Gasteiger partial charge in [0.1, 0.15) is 0 Å². The van der Waals surface area contributed by atoms with Gasteiger partial charge >= 0.3 is 0 Å². The minimum Gasteiger partial charge on any atom is -0.314 e. The van der Waals surface area contributed by atoms with Crippen molar-refractivity contribution in [1.29, 1.82) is 0 Å². The van der Waals surface area contributed by atoms with Crippen LogP contribution in [-0.4, -0.2) is 24.1 Å². The van der Waals surface area contributed by atoms with Gasteiger partial charge in [0.15, 0.2) is 0 Å². The van der Waals surface area contributed by atoms with Crippen LogP contribution in [0.25, 0.3) is 0 Å². The van der Waals surface area contributed by atoms with Gasteiger partial charge in [-0.2, -0.15) is 11.8 Å². The summed E-state index contributed by atoms with van der Waals surface area (Å²) in [6, 6.07) is 0.826. The molecule has 0 bridgehead atoms. The Kier molecular flexibility index (Phi) is 6.70. The van der Waals surface area contributed by atoms with Gasteiger partial charge in [-0.1, -0.05) is 32.6 Å². The molecule has 2 heteroatoms. The SMILES string of the molecule is CSC(C)CCNC1CCCCCC1. The highest BCUT2D eigenvalue weighted by Gasteiger charge is 2.11. The Hall–Kier alpha value is 0.310. The molecule has 1 aliphatic carbocycles. The topological polar surface area (TPSA) is 12.0 Å². The van der Waals surface area contributed by atoms with Crippen molar-refractivity contribution in [2.45, 2.75) is 63.2 Å². The summed E-state index contributed by atoms with van der Waals surface area (Å²) in [7, 11) is 0. The zero-order chi connectivity index (χ0) is 10.2. The van der Waals surface area contributed by atoms with Crippen LogP contribution in [0.2, 0.25) is 0 Å². The van der Waals surface area contributed by atoms with Gasteiger partial charge in [0.2, 0.25) is 0 Å². The van der Waals surface area contributed by atoms with E-state index in [2.05, 4.69) is 18.5 Å². The molecule has 0 aromatic heterocycles. The molecule has 1 unspecified atom stereocenters. The lowest BCUT2D eigenvalue weighted by atomic mass is 10.1. The van der Waals surface area contributed by atoms with E-state index >= 15 is 0 Å². The van der Waals surface area contributed by atoms with Gasteiger partial charge in [0.05, 0.1) is 0 Å². The summed E-state index contributed by atoms with van der Waals surface area (Å²) in [4.78, 5) is 0. The number of rotatable bonds is 5. The molecular formula is C12H25NS. The molecule has 0 spiro atoms. The minimum absolute atomic E-state index is 0.813. The first-order chi connectivity index (χ1) is 6.83. The van der Waals surface area contributed by atoms with Crippen molar-refractivity contribution < 1.29 is 0 Å². The van der Waals surface area contributed by atoms with Crippen LogP contribution in [0.3, 0.4) is 0 Å². The minimum atomic E-state index is 0.813. The Labute approximate surface area is 93.4 Å². The largest absolute Gasteiger partial charge is 0.314 e. The van der Waals surface area contributed by atoms with E-state index in [1.54, 1.807) is 0 Å². The first-order valence-corrected chi connectivity index (χ1v) is 7.38. The second-order valence-corrected chi connectivity index (χ2v) is 5.75. The van der Waals surface area contributed by atoms with E-state index < -0.39 is 0 Å². The van der Waals surface area contributed by atoms with Gasteiger partial charge in [-0.25, -0.2) is 0 Å². The fraction of sp³-hybridized carbons (Fsp3) is 1.00.